The zero-order chi connectivity index (χ0) is 26.3. The molecule has 37 heavy (non-hydrogen) atoms. The van der Waals surface area contributed by atoms with Crippen molar-refractivity contribution in [2.75, 3.05) is 31.0 Å². The van der Waals surface area contributed by atoms with Crippen molar-refractivity contribution >= 4 is 33.2 Å². The van der Waals surface area contributed by atoms with Gasteiger partial charge < -0.3 is 10.1 Å². The van der Waals surface area contributed by atoms with Crippen molar-refractivity contribution in [1.29, 1.82) is 0 Å². The highest BCUT2D eigenvalue weighted by Crippen LogP contribution is 2.32. The summed E-state index contributed by atoms with van der Waals surface area (Å²) in [6, 6.07) is 20.7. The molecular formula is C28H32ClN3O4S. The van der Waals surface area contributed by atoms with Crippen molar-refractivity contribution in [3.05, 3.63) is 88.9 Å². The van der Waals surface area contributed by atoms with Crippen LogP contribution in [0.3, 0.4) is 0 Å². The number of rotatable bonds is 10. The smallest absolute Gasteiger partial charge is 0.264 e. The number of sulfonamides is 1. The number of nitrogens with one attached hydrogen (secondary N) is 1. The maximum Gasteiger partial charge on any atom is 0.264 e. The standard InChI is InChI=1S/C28H32ClN3O4S/c1-36-27-15-14-24(18-26(27)29)32(37(34,35)25-12-4-2-5-13-25)21-28(33)30-19-22-10-6-7-11-23(22)20-31-16-8-3-9-17-31/h2,4-7,10-15,18H,3,8-9,16-17,19-21H2,1H3,(H,30,33). The van der Waals surface area contributed by atoms with Crippen LogP contribution in [0.4, 0.5) is 5.69 Å². The molecule has 1 aliphatic heterocycles. The van der Waals surface area contributed by atoms with E-state index in [2.05, 4.69) is 16.3 Å². The minimum atomic E-state index is -4.03. The Hall–Kier alpha value is -3.07. The van der Waals surface area contributed by atoms with E-state index in [-0.39, 0.29) is 15.6 Å². The number of methoxy groups -OCH3 is 1. The van der Waals surface area contributed by atoms with E-state index in [1.54, 1.807) is 30.3 Å². The number of benzene rings is 3. The second kappa shape index (κ2) is 12.4. The molecule has 1 fully saturated rings. The molecule has 1 N–H and O–H groups in total. The van der Waals surface area contributed by atoms with Crippen LogP contribution in [0.15, 0.2) is 77.7 Å². The number of anilines is 1. The minimum absolute atomic E-state index is 0.0848. The number of ether oxygens (including phenoxy) is 1. The molecule has 0 atom stereocenters. The summed E-state index contributed by atoms with van der Waals surface area (Å²) >= 11 is 6.29. The van der Waals surface area contributed by atoms with E-state index in [9.17, 15) is 13.2 Å². The number of likely N-dealkylation sites (tertiary alicyclic amines) is 1. The zero-order valence-corrected chi connectivity index (χ0v) is 22.5. The molecule has 4 rings (SSSR count). The lowest BCUT2D eigenvalue weighted by atomic mass is 10.0. The second-order valence-corrected chi connectivity index (χ2v) is 11.3. The van der Waals surface area contributed by atoms with Crippen LogP contribution in [-0.2, 0) is 27.9 Å². The fraction of sp³-hybridized carbons (Fsp3) is 0.321. The molecule has 3 aromatic carbocycles. The molecule has 1 amide bonds. The van der Waals surface area contributed by atoms with Crippen molar-refractivity contribution < 1.29 is 17.9 Å². The number of hydrogen-bond donors (Lipinski definition) is 1. The van der Waals surface area contributed by atoms with Gasteiger partial charge in [0.15, 0.2) is 0 Å². The van der Waals surface area contributed by atoms with E-state index in [4.69, 9.17) is 16.3 Å². The van der Waals surface area contributed by atoms with E-state index in [1.165, 1.54) is 50.1 Å². The number of hydrogen-bond acceptors (Lipinski definition) is 5. The van der Waals surface area contributed by atoms with Crippen molar-refractivity contribution in [2.45, 2.75) is 37.2 Å². The molecular weight excluding hydrogens is 510 g/mol. The van der Waals surface area contributed by atoms with Gasteiger partial charge in [0.2, 0.25) is 5.91 Å². The van der Waals surface area contributed by atoms with Gasteiger partial charge in [0.1, 0.15) is 12.3 Å². The molecule has 0 spiro atoms. The SMILES string of the molecule is COc1ccc(N(CC(=O)NCc2ccccc2CN2CCCCC2)S(=O)(=O)c2ccccc2)cc1Cl. The lowest BCUT2D eigenvalue weighted by Crippen LogP contribution is -2.40. The highest BCUT2D eigenvalue weighted by molar-refractivity contribution is 7.92. The highest BCUT2D eigenvalue weighted by Gasteiger charge is 2.28. The number of amides is 1. The van der Waals surface area contributed by atoms with Crippen LogP contribution < -0.4 is 14.4 Å². The van der Waals surface area contributed by atoms with Crippen molar-refractivity contribution in [1.82, 2.24) is 10.2 Å². The quantitative estimate of drug-likeness (QED) is 0.397. The molecule has 1 saturated heterocycles. The first kappa shape index (κ1) is 27.0. The lowest BCUT2D eigenvalue weighted by Gasteiger charge is -2.27. The van der Waals surface area contributed by atoms with Gasteiger partial charge in [-0.25, -0.2) is 8.42 Å². The summed E-state index contributed by atoms with van der Waals surface area (Å²) in [5.74, 6) is -0.00328. The van der Waals surface area contributed by atoms with Crippen LogP contribution in [0.1, 0.15) is 30.4 Å². The van der Waals surface area contributed by atoms with Crippen molar-refractivity contribution in [2.24, 2.45) is 0 Å². The van der Waals surface area contributed by atoms with E-state index < -0.39 is 22.5 Å². The van der Waals surface area contributed by atoms with Gasteiger partial charge in [-0.15, -0.1) is 0 Å². The average molecular weight is 542 g/mol. The van der Waals surface area contributed by atoms with Gasteiger partial charge >= 0.3 is 0 Å². The fourth-order valence-corrected chi connectivity index (χ4v) is 6.15. The molecule has 0 aliphatic carbocycles. The largest absolute Gasteiger partial charge is 0.495 e. The Morgan fingerprint density at radius 3 is 2.32 bits per heavy atom. The first-order chi connectivity index (χ1) is 17.9. The van der Waals surface area contributed by atoms with Gasteiger partial charge in [0.05, 0.1) is 22.7 Å². The van der Waals surface area contributed by atoms with Crippen LogP contribution in [0.25, 0.3) is 0 Å². The Balaban J connectivity index is 1.52. The van der Waals surface area contributed by atoms with Gasteiger partial charge in [0, 0.05) is 13.1 Å². The molecule has 1 aliphatic rings. The molecule has 0 saturated carbocycles. The van der Waals surface area contributed by atoms with Crippen molar-refractivity contribution in [3.8, 4) is 5.75 Å². The first-order valence-electron chi connectivity index (χ1n) is 12.4. The molecule has 0 bridgehead atoms. The molecule has 9 heteroatoms. The van der Waals surface area contributed by atoms with Crippen LogP contribution in [0.5, 0.6) is 5.75 Å². The summed E-state index contributed by atoms with van der Waals surface area (Å²) < 4.78 is 33.4. The molecule has 0 unspecified atom stereocenters. The molecule has 196 valence electrons. The maximum atomic E-state index is 13.5. The Bertz CT molecular complexity index is 1310. The Morgan fingerprint density at radius 2 is 1.65 bits per heavy atom. The van der Waals surface area contributed by atoms with Gasteiger partial charge in [-0.2, -0.15) is 0 Å². The van der Waals surface area contributed by atoms with Gasteiger partial charge in [-0.05, 0) is 67.4 Å². The van der Waals surface area contributed by atoms with E-state index >= 15 is 0 Å². The summed E-state index contributed by atoms with van der Waals surface area (Å²) in [6.45, 7) is 2.92. The Kier molecular flexibility index (Phi) is 9.08. The average Bonchev–Trinajstić information content (AvgIpc) is 2.92. The van der Waals surface area contributed by atoms with E-state index in [0.29, 0.717) is 12.3 Å². The highest BCUT2D eigenvalue weighted by atomic mass is 35.5. The van der Waals surface area contributed by atoms with Gasteiger partial charge in [-0.3, -0.25) is 14.0 Å². The maximum absolute atomic E-state index is 13.5. The number of nitrogens with zero attached hydrogens (tertiary/aromatic N) is 2. The monoisotopic (exact) mass is 541 g/mol. The van der Waals surface area contributed by atoms with Crippen molar-refractivity contribution in [3.63, 3.8) is 0 Å². The molecule has 7 nitrogen and oxygen atoms in total. The summed E-state index contributed by atoms with van der Waals surface area (Å²) in [6.07, 6.45) is 3.69. The normalized spacial score (nSPS) is 14.2. The number of piperidine rings is 1. The predicted octanol–water partition coefficient (Wildman–Crippen LogP) is 4.85. The summed E-state index contributed by atoms with van der Waals surface area (Å²) in [4.78, 5) is 15.6. The third-order valence-corrected chi connectivity index (χ3v) is 8.56. The third-order valence-electron chi connectivity index (χ3n) is 6.48. The van der Waals surface area contributed by atoms with Crippen LogP contribution >= 0.6 is 11.6 Å². The Labute approximate surface area is 224 Å². The third kappa shape index (κ3) is 6.83. The zero-order valence-electron chi connectivity index (χ0n) is 20.9. The fourth-order valence-electron chi connectivity index (χ4n) is 4.47. The van der Waals surface area contributed by atoms with Gasteiger partial charge in [0.25, 0.3) is 10.0 Å². The van der Waals surface area contributed by atoms with Crippen LogP contribution in [0.2, 0.25) is 5.02 Å². The number of halogens is 1. The van der Waals surface area contributed by atoms with Crippen LogP contribution in [-0.4, -0.2) is 46.0 Å². The summed E-state index contributed by atoms with van der Waals surface area (Å²) in [5, 5.41) is 3.17. The van der Waals surface area contributed by atoms with Crippen LogP contribution in [0, 0.1) is 0 Å². The minimum Gasteiger partial charge on any atom is -0.495 e. The Morgan fingerprint density at radius 1 is 0.973 bits per heavy atom. The van der Waals surface area contributed by atoms with E-state index in [0.717, 1.165) is 29.5 Å². The molecule has 3 aromatic rings. The number of carbonyl (C=O) groups excluding carboxylic acids is 1. The predicted molar refractivity (Wildman–Crippen MR) is 146 cm³/mol. The van der Waals surface area contributed by atoms with Gasteiger partial charge in [-0.1, -0.05) is 60.5 Å². The lowest BCUT2D eigenvalue weighted by molar-refractivity contribution is -0.119. The number of carbonyl (C=O) groups is 1. The summed E-state index contributed by atoms with van der Waals surface area (Å²) in [5.41, 5.74) is 2.46. The van der Waals surface area contributed by atoms with E-state index in [1.807, 2.05) is 18.2 Å². The second-order valence-electron chi connectivity index (χ2n) is 9.03. The topological polar surface area (TPSA) is 79.0 Å². The molecule has 0 radical (unpaired) electrons. The molecule has 1 heterocycles. The summed E-state index contributed by atoms with van der Waals surface area (Å²) in [7, 11) is -2.55. The molecule has 0 aromatic heterocycles. The first-order valence-corrected chi connectivity index (χ1v) is 14.2.